The molecule has 2 N–H and O–H groups in total. The highest BCUT2D eigenvalue weighted by Gasteiger charge is 2.39. The molecule has 9 nitrogen and oxygen atoms in total. The van der Waals surface area contributed by atoms with Crippen molar-refractivity contribution in [3.8, 4) is 11.5 Å². The third-order valence-corrected chi connectivity index (χ3v) is 9.20. The number of benzene rings is 3. The Morgan fingerprint density at radius 2 is 1.76 bits per heavy atom. The van der Waals surface area contributed by atoms with Gasteiger partial charge in [0.1, 0.15) is 13.2 Å². The molecule has 1 aliphatic carbocycles. The molecule has 1 heterocycles. The molecule has 3 aromatic rings. The predicted molar refractivity (Wildman–Crippen MR) is 153 cm³/mol. The molecule has 10 heteroatoms. The first-order chi connectivity index (χ1) is 19.8. The second kappa shape index (κ2) is 12.6. The van der Waals surface area contributed by atoms with Crippen molar-refractivity contribution >= 4 is 15.9 Å². The summed E-state index contributed by atoms with van der Waals surface area (Å²) in [6.45, 7) is 0.498. The molecule has 0 saturated heterocycles. The fourth-order valence-electron chi connectivity index (χ4n) is 5.69. The van der Waals surface area contributed by atoms with E-state index in [1.54, 1.807) is 25.1 Å². The van der Waals surface area contributed by atoms with E-state index in [4.69, 9.17) is 14.2 Å². The van der Waals surface area contributed by atoms with Crippen molar-refractivity contribution in [3.05, 3.63) is 89.5 Å². The molecule has 41 heavy (non-hydrogen) atoms. The molecule has 1 aliphatic heterocycles. The van der Waals surface area contributed by atoms with Crippen LogP contribution in [-0.4, -0.2) is 70.5 Å². The van der Waals surface area contributed by atoms with Crippen molar-refractivity contribution in [2.75, 3.05) is 33.9 Å². The van der Waals surface area contributed by atoms with Crippen LogP contribution in [0.5, 0.6) is 11.5 Å². The van der Waals surface area contributed by atoms with Gasteiger partial charge in [-0.25, -0.2) is 13.1 Å². The number of aliphatic hydroxyl groups is 1. The normalized spacial score (nSPS) is 19.3. The Morgan fingerprint density at radius 3 is 2.51 bits per heavy atom. The number of amides is 1. The largest absolute Gasteiger partial charge is 0.486 e. The number of aliphatic hydroxyl groups excluding tert-OH is 1. The maximum atomic E-state index is 14.0. The summed E-state index contributed by atoms with van der Waals surface area (Å²) in [6.07, 6.45) is -0.0817. The molecule has 2 aliphatic rings. The number of hydrogen-bond donors (Lipinski definition) is 2. The van der Waals surface area contributed by atoms with E-state index in [-0.39, 0.29) is 35.9 Å². The SMILES string of the molecule is CO[C@H]1Cc2ccccc2[C@@H]1N(C)C(=O)[C@H](Cc1ccccc1)C[C@H](O)CNS(=O)(=O)c1ccc2c(c1)OCCO2. The molecule has 0 aromatic heterocycles. The van der Waals surface area contributed by atoms with Crippen LogP contribution in [0.15, 0.2) is 77.7 Å². The number of methoxy groups -OCH3 is 1. The third kappa shape index (κ3) is 6.56. The van der Waals surface area contributed by atoms with Crippen molar-refractivity contribution in [2.24, 2.45) is 5.92 Å². The van der Waals surface area contributed by atoms with Crippen molar-refractivity contribution < 1.29 is 32.5 Å². The molecule has 4 atom stereocenters. The maximum Gasteiger partial charge on any atom is 0.240 e. The lowest BCUT2D eigenvalue weighted by Crippen LogP contribution is -2.42. The smallest absolute Gasteiger partial charge is 0.240 e. The van der Waals surface area contributed by atoms with Gasteiger partial charge in [0, 0.05) is 39.1 Å². The molecular weight excluding hydrogens is 544 g/mol. The van der Waals surface area contributed by atoms with Crippen LogP contribution in [0.25, 0.3) is 0 Å². The summed E-state index contributed by atoms with van der Waals surface area (Å²) in [6, 6.07) is 21.8. The summed E-state index contributed by atoms with van der Waals surface area (Å²) in [4.78, 5) is 15.7. The molecule has 218 valence electrons. The Bertz CT molecular complexity index is 1460. The number of rotatable bonds is 11. The van der Waals surface area contributed by atoms with E-state index in [2.05, 4.69) is 10.8 Å². The third-order valence-electron chi connectivity index (χ3n) is 7.78. The quantitative estimate of drug-likeness (QED) is 0.358. The minimum atomic E-state index is -3.93. The fraction of sp³-hybridized carbons (Fsp3) is 0.387. The van der Waals surface area contributed by atoms with Gasteiger partial charge in [-0.2, -0.15) is 0 Å². The second-order valence-electron chi connectivity index (χ2n) is 10.5. The van der Waals surface area contributed by atoms with Crippen LogP contribution in [0.3, 0.4) is 0 Å². The van der Waals surface area contributed by atoms with Gasteiger partial charge in [0.05, 0.1) is 23.1 Å². The molecule has 0 saturated carbocycles. The fourth-order valence-corrected chi connectivity index (χ4v) is 6.78. The molecular formula is C31H36N2O7S. The standard InChI is InChI=1S/C31H36N2O7S/c1-33(30-26-11-7-6-10-22(26)18-29(30)38-2)31(35)23(16-21-8-4-3-5-9-21)17-24(34)20-32-41(36,37)25-12-13-27-28(19-25)40-15-14-39-27/h3-13,19,23-24,29-30,32,34H,14-18,20H2,1-2H3/t23-,24+,29+,30+/m1/s1. The average molecular weight is 581 g/mol. The molecule has 0 fully saturated rings. The van der Waals surface area contributed by atoms with Crippen LogP contribution >= 0.6 is 0 Å². The van der Waals surface area contributed by atoms with Crippen LogP contribution in [0.4, 0.5) is 0 Å². The molecule has 1 amide bonds. The maximum absolute atomic E-state index is 14.0. The first-order valence-electron chi connectivity index (χ1n) is 13.8. The van der Waals surface area contributed by atoms with Crippen LogP contribution in [0.2, 0.25) is 0 Å². The Hall–Kier alpha value is -3.44. The summed E-state index contributed by atoms with van der Waals surface area (Å²) in [7, 11) is -0.507. The Kier molecular flexibility index (Phi) is 8.94. The van der Waals surface area contributed by atoms with Crippen molar-refractivity contribution in [2.45, 2.75) is 42.4 Å². The Morgan fingerprint density at radius 1 is 1.05 bits per heavy atom. The average Bonchev–Trinajstić information content (AvgIpc) is 3.38. The number of ether oxygens (including phenoxy) is 3. The van der Waals surface area contributed by atoms with Gasteiger partial charge >= 0.3 is 0 Å². The highest BCUT2D eigenvalue weighted by molar-refractivity contribution is 7.89. The summed E-state index contributed by atoms with van der Waals surface area (Å²) in [5.41, 5.74) is 3.16. The lowest BCUT2D eigenvalue weighted by molar-refractivity contribution is -0.140. The van der Waals surface area contributed by atoms with E-state index in [9.17, 15) is 18.3 Å². The van der Waals surface area contributed by atoms with Gasteiger partial charge in [-0.15, -0.1) is 0 Å². The van der Waals surface area contributed by atoms with Crippen LogP contribution < -0.4 is 14.2 Å². The zero-order valence-corrected chi connectivity index (χ0v) is 24.0. The Balaban J connectivity index is 1.30. The minimum Gasteiger partial charge on any atom is -0.486 e. The van der Waals surface area contributed by atoms with Gasteiger partial charge in [0.2, 0.25) is 15.9 Å². The van der Waals surface area contributed by atoms with Crippen molar-refractivity contribution in [1.82, 2.24) is 9.62 Å². The minimum absolute atomic E-state index is 0.0103. The zero-order valence-electron chi connectivity index (χ0n) is 23.2. The molecule has 3 aromatic carbocycles. The van der Waals surface area contributed by atoms with Gasteiger partial charge in [0.25, 0.3) is 0 Å². The molecule has 5 rings (SSSR count). The van der Waals surface area contributed by atoms with E-state index in [0.29, 0.717) is 37.6 Å². The first kappa shape index (κ1) is 29.1. The number of carbonyl (C=O) groups is 1. The molecule has 0 bridgehead atoms. The summed E-state index contributed by atoms with van der Waals surface area (Å²) < 4.78 is 45.2. The van der Waals surface area contributed by atoms with Crippen LogP contribution in [0, 0.1) is 5.92 Å². The van der Waals surface area contributed by atoms with Crippen molar-refractivity contribution in [1.29, 1.82) is 0 Å². The van der Waals surface area contributed by atoms with Gasteiger partial charge in [-0.3, -0.25) is 4.79 Å². The number of nitrogens with zero attached hydrogens (tertiary/aromatic N) is 1. The van der Waals surface area contributed by atoms with Crippen molar-refractivity contribution in [3.63, 3.8) is 0 Å². The van der Waals surface area contributed by atoms with Crippen LogP contribution in [-0.2, 0) is 32.4 Å². The van der Waals surface area contributed by atoms with E-state index < -0.39 is 22.0 Å². The number of carbonyl (C=O) groups excluding carboxylic acids is 1. The van der Waals surface area contributed by atoms with E-state index in [1.165, 1.54) is 12.1 Å². The topological polar surface area (TPSA) is 114 Å². The lowest BCUT2D eigenvalue weighted by atomic mass is 9.91. The highest BCUT2D eigenvalue weighted by Crippen LogP contribution is 2.38. The zero-order chi connectivity index (χ0) is 29.0. The molecule has 0 unspecified atom stereocenters. The number of likely N-dealkylation sites (N-methyl/N-ethyl adjacent to an activating group) is 1. The van der Waals surface area contributed by atoms with E-state index >= 15 is 0 Å². The second-order valence-corrected chi connectivity index (χ2v) is 12.3. The summed E-state index contributed by atoms with van der Waals surface area (Å²) >= 11 is 0. The summed E-state index contributed by atoms with van der Waals surface area (Å²) in [5.74, 6) is 0.133. The number of fused-ring (bicyclic) bond motifs is 2. The van der Waals surface area contributed by atoms with Gasteiger partial charge < -0.3 is 24.2 Å². The highest BCUT2D eigenvalue weighted by atomic mass is 32.2. The number of hydrogen-bond acceptors (Lipinski definition) is 7. The monoisotopic (exact) mass is 580 g/mol. The predicted octanol–water partition coefficient (Wildman–Crippen LogP) is 3.12. The van der Waals surface area contributed by atoms with Crippen LogP contribution in [0.1, 0.15) is 29.2 Å². The van der Waals surface area contributed by atoms with E-state index in [0.717, 1.165) is 16.7 Å². The van der Waals surface area contributed by atoms with Gasteiger partial charge in [-0.1, -0.05) is 54.6 Å². The summed E-state index contributed by atoms with van der Waals surface area (Å²) in [5, 5.41) is 11.0. The number of nitrogens with one attached hydrogen (secondary N) is 1. The van der Waals surface area contributed by atoms with Gasteiger partial charge in [0.15, 0.2) is 11.5 Å². The first-order valence-corrected chi connectivity index (χ1v) is 15.2. The molecule has 0 radical (unpaired) electrons. The Labute approximate surface area is 241 Å². The van der Waals surface area contributed by atoms with Gasteiger partial charge in [-0.05, 0) is 41.7 Å². The number of sulfonamides is 1. The van der Waals surface area contributed by atoms with E-state index in [1.807, 2.05) is 48.5 Å². The molecule has 0 spiro atoms. The lowest BCUT2D eigenvalue weighted by Gasteiger charge is -2.33.